The Hall–Kier alpha value is -2.92. The highest BCUT2D eigenvalue weighted by atomic mass is 79.9. The minimum atomic E-state index is -1.44. The van der Waals surface area contributed by atoms with Gasteiger partial charge in [-0.25, -0.2) is 0 Å². The molecule has 0 radical (unpaired) electrons. The second kappa shape index (κ2) is 10.3. The third-order valence-electron chi connectivity index (χ3n) is 5.59. The number of halogens is 2. The van der Waals surface area contributed by atoms with Gasteiger partial charge < -0.3 is 10.0 Å². The summed E-state index contributed by atoms with van der Waals surface area (Å²) in [7, 11) is 0. The van der Waals surface area contributed by atoms with Gasteiger partial charge in [0.2, 0.25) is 0 Å². The molecule has 1 amide bonds. The maximum absolute atomic E-state index is 13.6. The summed E-state index contributed by atoms with van der Waals surface area (Å²) < 4.78 is 0.909. The smallest absolute Gasteiger partial charge is 0.254 e. The third kappa shape index (κ3) is 5.53. The summed E-state index contributed by atoms with van der Waals surface area (Å²) in [5.74, 6) is -0.149. The van der Waals surface area contributed by atoms with Gasteiger partial charge in [-0.05, 0) is 53.1 Å². The SMILES string of the molecule is O=C(c1ccccc1)N(Cc1ccccc1)C[C@@](O)(c1ccc(Cl)cc1)c1ccc(Br)cc1. The topological polar surface area (TPSA) is 40.5 Å². The van der Waals surface area contributed by atoms with Crippen molar-refractivity contribution < 1.29 is 9.90 Å². The lowest BCUT2D eigenvalue weighted by molar-refractivity contribution is 0.0275. The fourth-order valence-corrected chi connectivity index (χ4v) is 4.23. The summed E-state index contributed by atoms with van der Waals surface area (Å²) in [5, 5.41) is 12.7. The monoisotopic (exact) mass is 519 g/mol. The molecule has 0 aliphatic rings. The van der Waals surface area contributed by atoms with Crippen LogP contribution in [0.5, 0.6) is 0 Å². The molecule has 0 bridgehead atoms. The number of hydrogen-bond donors (Lipinski definition) is 1. The number of amides is 1. The molecule has 0 aliphatic carbocycles. The average molecular weight is 521 g/mol. The van der Waals surface area contributed by atoms with Gasteiger partial charge in [0.05, 0.1) is 6.54 Å². The van der Waals surface area contributed by atoms with Crippen LogP contribution >= 0.6 is 27.5 Å². The lowest BCUT2D eigenvalue weighted by Crippen LogP contribution is -2.44. The van der Waals surface area contributed by atoms with E-state index in [1.807, 2.05) is 72.8 Å². The molecular formula is C28H23BrClNO2. The fourth-order valence-electron chi connectivity index (χ4n) is 3.84. The molecule has 0 saturated heterocycles. The lowest BCUT2D eigenvalue weighted by atomic mass is 9.85. The second-order valence-corrected chi connectivity index (χ2v) is 9.24. The number of aliphatic hydroxyl groups is 1. The molecule has 0 saturated carbocycles. The zero-order chi connectivity index (χ0) is 23.3. The molecule has 0 aromatic heterocycles. The first-order valence-corrected chi connectivity index (χ1v) is 11.8. The Morgan fingerprint density at radius 1 is 0.788 bits per heavy atom. The zero-order valence-corrected chi connectivity index (χ0v) is 20.2. The van der Waals surface area contributed by atoms with Crippen molar-refractivity contribution in [3.8, 4) is 0 Å². The first-order chi connectivity index (χ1) is 16.0. The van der Waals surface area contributed by atoms with Gasteiger partial charge in [0.25, 0.3) is 5.91 Å². The summed E-state index contributed by atoms with van der Waals surface area (Å²) in [6, 6.07) is 33.6. The molecule has 4 aromatic rings. The van der Waals surface area contributed by atoms with E-state index in [9.17, 15) is 9.90 Å². The highest BCUT2D eigenvalue weighted by Gasteiger charge is 2.36. The first kappa shape index (κ1) is 23.2. The van der Waals surface area contributed by atoms with E-state index in [4.69, 9.17) is 11.6 Å². The molecule has 4 aromatic carbocycles. The standard InChI is InChI=1S/C28H23BrClNO2/c29-25-15-11-23(12-16-25)28(33,24-13-17-26(30)18-14-24)20-31(19-21-7-3-1-4-8-21)27(32)22-9-5-2-6-10-22/h1-18,33H,19-20H2/t28-/m0/s1. The molecule has 166 valence electrons. The van der Waals surface area contributed by atoms with Crippen molar-refractivity contribution in [3.63, 3.8) is 0 Å². The molecule has 4 rings (SSSR count). The van der Waals surface area contributed by atoms with Crippen LogP contribution in [0.3, 0.4) is 0 Å². The van der Waals surface area contributed by atoms with Gasteiger partial charge in [0.1, 0.15) is 5.60 Å². The second-order valence-electron chi connectivity index (χ2n) is 7.89. The van der Waals surface area contributed by atoms with Crippen molar-refractivity contribution in [1.29, 1.82) is 0 Å². The predicted octanol–water partition coefficient (Wildman–Crippen LogP) is 6.68. The number of rotatable bonds is 7. The zero-order valence-electron chi connectivity index (χ0n) is 17.9. The van der Waals surface area contributed by atoms with Crippen molar-refractivity contribution in [3.05, 3.63) is 141 Å². The van der Waals surface area contributed by atoms with E-state index in [1.54, 1.807) is 41.3 Å². The first-order valence-electron chi connectivity index (χ1n) is 10.6. The number of nitrogens with zero attached hydrogens (tertiary/aromatic N) is 1. The highest BCUT2D eigenvalue weighted by molar-refractivity contribution is 9.10. The van der Waals surface area contributed by atoms with Gasteiger partial charge in [-0.15, -0.1) is 0 Å². The third-order valence-corrected chi connectivity index (χ3v) is 6.37. The summed E-state index contributed by atoms with van der Waals surface area (Å²) in [4.78, 5) is 15.3. The van der Waals surface area contributed by atoms with E-state index in [-0.39, 0.29) is 12.5 Å². The van der Waals surface area contributed by atoms with Crippen molar-refractivity contribution in [1.82, 2.24) is 4.90 Å². The molecule has 33 heavy (non-hydrogen) atoms. The van der Waals surface area contributed by atoms with E-state index < -0.39 is 5.60 Å². The van der Waals surface area contributed by atoms with Crippen LogP contribution in [0.2, 0.25) is 5.02 Å². The van der Waals surface area contributed by atoms with Crippen molar-refractivity contribution >= 4 is 33.4 Å². The van der Waals surface area contributed by atoms with Crippen LogP contribution in [0.1, 0.15) is 27.0 Å². The fraction of sp³-hybridized carbons (Fsp3) is 0.107. The summed E-state index contributed by atoms with van der Waals surface area (Å²) in [6.45, 7) is 0.430. The highest BCUT2D eigenvalue weighted by Crippen LogP contribution is 2.33. The van der Waals surface area contributed by atoms with Gasteiger partial charge in [0.15, 0.2) is 0 Å². The molecule has 3 nitrogen and oxygen atoms in total. The quantitative estimate of drug-likeness (QED) is 0.295. The predicted molar refractivity (Wildman–Crippen MR) is 136 cm³/mol. The Morgan fingerprint density at radius 2 is 1.30 bits per heavy atom. The van der Waals surface area contributed by atoms with E-state index in [0.29, 0.717) is 28.3 Å². The van der Waals surface area contributed by atoms with Gasteiger partial charge in [-0.1, -0.05) is 100 Å². The van der Waals surface area contributed by atoms with E-state index in [1.165, 1.54) is 0 Å². The van der Waals surface area contributed by atoms with Gasteiger partial charge in [-0.2, -0.15) is 0 Å². The minimum Gasteiger partial charge on any atom is -0.379 e. The number of carbonyl (C=O) groups excluding carboxylic acids is 1. The molecule has 0 aliphatic heterocycles. The maximum atomic E-state index is 13.6. The summed E-state index contributed by atoms with van der Waals surface area (Å²) >= 11 is 9.58. The Labute approximate surface area is 207 Å². The van der Waals surface area contributed by atoms with Crippen LogP contribution in [0.4, 0.5) is 0 Å². The van der Waals surface area contributed by atoms with Crippen LogP contribution < -0.4 is 0 Å². The molecule has 0 heterocycles. The Kier molecular flexibility index (Phi) is 7.29. The lowest BCUT2D eigenvalue weighted by Gasteiger charge is -2.35. The molecule has 1 N–H and O–H groups in total. The molecule has 5 heteroatoms. The van der Waals surface area contributed by atoms with Crippen LogP contribution in [0.15, 0.2) is 114 Å². The maximum Gasteiger partial charge on any atom is 0.254 e. The largest absolute Gasteiger partial charge is 0.379 e. The average Bonchev–Trinajstić information content (AvgIpc) is 2.85. The summed E-state index contributed by atoms with van der Waals surface area (Å²) in [5.41, 5.74) is 1.46. The van der Waals surface area contributed by atoms with Gasteiger partial charge in [0, 0.05) is 21.6 Å². The Balaban J connectivity index is 1.78. The van der Waals surface area contributed by atoms with Crippen molar-refractivity contribution in [2.24, 2.45) is 0 Å². The minimum absolute atomic E-state index is 0.0683. The number of benzene rings is 4. The van der Waals surface area contributed by atoms with Crippen molar-refractivity contribution in [2.75, 3.05) is 6.54 Å². The van der Waals surface area contributed by atoms with Crippen molar-refractivity contribution in [2.45, 2.75) is 12.1 Å². The molecule has 0 unspecified atom stereocenters. The molecule has 0 spiro atoms. The van der Waals surface area contributed by atoms with E-state index in [2.05, 4.69) is 15.9 Å². The normalized spacial score (nSPS) is 12.7. The van der Waals surface area contributed by atoms with E-state index in [0.717, 1.165) is 10.0 Å². The van der Waals surface area contributed by atoms with Crippen LogP contribution in [-0.2, 0) is 12.1 Å². The Bertz CT molecular complexity index is 1150. The Morgan fingerprint density at radius 3 is 1.88 bits per heavy atom. The van der Waals surface area contributed by atoms with Crippen LogP contribution in [0.25, 0.3) is 0 Å². The molecular weight excluding hydrogens is 498 g/mol. The summed E-state index contributed by atoms with van der Waals surface area (Å²) in [6.07, 6.45) is 0. The van der Waals surface area contributed by atoms with Gasteiger partial charge >= 0.3 is 0 Å². The van der Waals surface area contributed by atoms with Crippen LogP contribution in [0, 0.1) is 0 Å². The molecule has 0 fully saturated rings. The van der Waals surface area contributed by atoms with Gasteiger partial charge in [-0.3, -0.25) is 4.79 Å². The molecule has 1 atom stereocenters. The van der Waals surface area contributed by atoms with E-state index >= 15 is 0 Å². The number of carbonyl (C=O) groups is 1. The number of hydrogen-bond acceptors (Lipinski definition) is 2. The van der Waals surface area contributed by atoms with Crippen LogP contribution in [-0.4, -0.2) is 22.5 Å².